The van der Waals surface area contributed by atoms with Gasteiger partial charge in [-0.05, 0) is 20.3 Å². The number of amides is 1. The van der Waals surface area contributed by atoms with E-state index in [2.05, 4.69) is 29.5 Å². The molecule has 0 radical (unpaired) electrons. The fraction of sp³-hybridized carbons (Fsp3) is 0.857. The Labute approximate surface area is 117 Å². The van der Waals surface area contributed by atoms with Crippen molar-refractivity contribution in [3.63, 3.8) is 0 Å². The van der Waals surface area contributed by atoms with E-state index in [-0.39, 0.29) is 12.5 Å². The van der Waals surface area contributed by atoms with Gasteiger partial charge in [-0.1, -0.05) is 26.2 Å². The zero-order valence-corrected chi connectivity index (χ0v) is 13.1. The van der Waals surface area contributed by atoms with Gasteiger partial charge < -0.3 is 15.5 Å². The average Bonchev–Trinajstić information content (AvgIpc) is 2.36. The lowest BCUT2D eigenvalue weighted by Gasteiger charge is -2.18. The van der Waals surface area contributed by atoms with Crippen LogP contribution in [0.4, 0.5) is 0 Å². The molecule has 0 aromatic carbocycles. The molecule has 0 fully saturated rings. The molecular formula is C14H30N4O. The summed E-state index contributed by atoms with van der Waals surface area (Å²) >= 11 is 0. The minimum Gasteiger partial charge on any atom is -0.357 e. The zero-order valence-electron chi connectivity index (χ0n) is 13.1. The van der Waals surface area contributed by atoms with Crippen molar-refractivity contribution in [3.05, 3.63) is 0 Å². The van der Waals surface area contributed by atoms with Crippen LogP contribution in [0.2, 0.25) is 0 Å². The first-order valence-electron chi connectivity index (χ1n) is 7.26. The van der Waals surface area contributed by atoms with Crippen molar-refractivity contribution in [1.82, 2.24) is 15.5 Å². The minimum absolute atomic E-state index is 0.0100. The molecule has 5 heteroatoms. The molecule has 0 aliphatic heterocycles. The Morgan fingerprint density at radius 1 is 1.26 bits per heavy atom. The highest BCUT2D eigenvalue weighted by Gasteiger charge is 2.07. The Balaban J connectivity index is 4.23. The third-order valence-electron chi connectivity index (χ3n) is 2.84. The normalized spacial score (nSPS) is 13.0. The largest absolute Gasteiger partial charge is 0.357 e. The quantitative estimate of drug-likeness (QED) is 0.400. The van der Waals surface area contributed by atoms with Gasteiger partial charge in [0.25, 0.3) is 0 Å². The van der Waals surface area contributed by atoms with Crippen LogP contribution in [0.5, 0.6) is 0 Å². The lowest BCUT2D eigenvalue weighted by molar-refractivity contribution is -0.127. The second kappa shape index (κ2) is 10.6. The Bertz CT molecular complexity index is 277. The monoisotopic (exact) mass is 270 g/mol. The third-order valence-corrected chi connectivity index (χ3v) is 2.84. The summed E-state index contributed by atoms with van der Waals surface area (Å²) in [5.74, 6) is 0.734. The van der Waals surface area contributed by atoms with Crippen LogP contribution >= 0.6 is 0 Å². The number of nitrogens with one attached hydrogen (secondary N) is 2. The van der Waals surface area contributed by atoms with Crippen LogP contribution in [0.25, 0.3) is 0 Å². The molecule has 19 heavy (non-hydrogen) atoms. The number of aliphatic imine (C=N–C) groups is 1. The number of carbonyl (C=O) groups is 1. The first-order chi connectivity index (χ1) is 9.01. The van der Waals surface area contributed by atoms with E-state index in [4.69, 9.17) is 0 Å². The SMILES string of the molecule is CCCCCC(C)NC(=NCC(=O)N(C)C)NCC. The maximum Gasteiger partial charge on any atom is 0.243 e. The lowest BCUT2D eigenvalue weighted by Crippen LogP contribution is -2.42. The first-order valence-corrected chi connectivity index (χ1v) is 7.26. The van der Waals surface area contributed by atoms with Gasteiger partial charge in [0.15, 0.2) is 5.96 Å². The summed E-state index contributed by atoms with van der Waals surface area (Å²) in [5.41, 5.74) is 0. The standard InChI is InChI=1S/C14H30N4O/c1-6-8-9-10-12(3)17-14(15-7-2)16-11-13(19)18(4)5/h12H,6-11H2,1-5H3,(H2,15,16,17). The molecule has 0 bridgehead atoms. The molecule has 1 unspecified atom stereocenters. The summed E-state index contributed by atoms with van der Waals surface area (Å²) in [6.07, 6.45) is 4.84. The smallest absolute Gasteiger partial charge is 0.243 e. The van der Waals surface area contributed by atoms with Gasteiger partial charge in [0.05, 0.1) is 0 Å². The van der Waals surface area contributed by atoms with E-state index < -0.39 is 0 Å². The molecule has 0 saturated carbocycles. The first kappa shape index (κ1) is 17.7. The molecule has 2 N–H and O–H groups in total. The third kappa shape index (κ3) is 9.33. The van der Waals surface area contributed by atoms with Crippen LogP contribution in [0.15, 0.2) is 4.99 Å². The molecule has 1 atom stereocenters. The molecule has 0 aromatic heterocycles. The van der Waals surface area contributed by atoms with Gasteiger partial charge in [-0.2, -0.15) is 0 Å². The molecule has 0 aromatic rings. The number of nitrogens with zero attached hydrogens (tertiary/aromatic N) is 2. The fourth-order valence-electron chi connectivity index (χ4n) is 1.61. The molecule has 5 nitrogen and oxygen atoms in total. The van der Waals surface area contributed by atoms with Gasteiger partial charge in [0, 0.05) is 26.7 Å². The van der Waals surface area contributed by atoms with E-state index in [0.29, 0.717) is 6.04 Å². The van der Waals surface area contributed by atoms with Crippen LogP contribution in [0.3, 0.4) is 0 Å². The summed E-state index contributed by atoms with van der Waals surface area (Å²) in [7, 11) is 3.48. The van der Waals surface area contributed by atoms with Crippen LogP contribution in [0.1, 0.15) is 46.5 Å². The van der Waals surface area contributed by atoms with Gasteiger partial charge >= 0.3 is 0 Å². The number of hydrogen-bond donors (Lipinski definition) is 2. The van der Waals surface area contributed by atoms with E-state index in [1.807, 2.05) is 6.92 Å². The number of hydrogen-bond acceptors (Lipinski definition) is 2. The topological polar surface area (TPSA) is 56.7 Å². The van der Waals surface area contributed by atoms with Gasteiger partial charge in [-0.15, -0.1) is 0 Å². The molecule has 1 amide bonds. The Kier molecular flexibility index (Phi) is 9.94. The summed E-state index contributed by atoms with van der Waals surface area (Å²) in [5, 5.41) is 6.51. The highest BCUT2D eigenvalue weighted by Crippen LogP contribution is 2.02. The number of rotatable bonds is 8. The Morgan fingerprint density at radius 3 is 2.47 bits per heavy atom. The second-order valence-electron chi connectivity index (χ2n) is 5.02. The van der Waals surface area contributed by atoms with Crippen molar-refractivity contribution >= 4 is 11.9 Å². The summed E-state index contributed by atoms with van der Waals surface area (Å²) in [6.45, 7) is 7.35. The minimum atomic E-state index is 0.0100. The van der Waals surface area contributed by atoms with E-state index in [0.717, 1.165) is 18.9 Å². The van der Waals surface area contributed by atoms with Gasteiger partial charge in [-0.3, -0.25) is 4.79 Å². The highest BCUT2D eigenvalue weighted by atomic mass is 16.2. The fourth-order valence-corrected chi connectivity index (χ4v) is 1.61. The van der Waals surface area contributed by atoms with Crippen molar-refractivity contribution in [2.75, 3.05) is 27.2 Å². The molecule has 0 aliphatic carbocycles. The number of guanidine groups is 1. The van der Waals surface area contributed by atoms with Crippen LogP contribution in [0, 0.1) is 0 Å². The Hall–Kier alpha value is -1.26. The molecule has 0 rings (SSSR count). The van der Waals surface area contributed by atoms with E-state index in [1.54, 1.807) is 19.0 Å². The van der Waals surface area contributed by atoms with Gasteiger partial charge in [0.2, 0.25) is 5.91 Å². The zero-order chi connectivity index (χ0) is 14.7. The summed E-state index contributed by atoms with van der Waals surface area (Å²) in [4.78, 5) is 17.4. The maximum atomic E-state index is 11.5. The molecule has 0 spiro atoms. The average molecular weight is 270 g/mol. The molecule has 0 heterocycles. The van der Waals surface area contributed by atoms with Crippen molar-refractivity contribution in [2.45, 2.75) is 52.5 Å². The molecule has 112 valence electrons. The van der Waals surface area contributed by atoms with Crippen molar-refractivity contribution < 1.29 is 4.79 Å². The van der Waals surface area contributed by atoms with Gasteiger partial charge in [-0.25, -0.2) is 4.99 Å². The number of likely N-dealkylation sites (N-methyl/N-ethyl adjacent to an activating group) is 1. The molecule has 0 aliphatic rings. The molecule has 0 saturated heterocycles. The number of unbranched alkanes of at least 4 members (excludes halogenated alkanes) is 2. The van der Waals surface area contributed by atoms with Crippen LogP contribution < -0.4 is 10.6 Å². The highest BCUT2D eigenvalue weighted by molar-refractivity contribution is 5.84. The van der Waals surface area contributed by atoms with E-state index in [1.165, 1.54) is 19.3 Å². The van der Waals surface area contributed by atoms with Gasteiger partial charge in [0.1, 0.15) is 6.54 Å². The lowest BCUT2D eigenvalue weighted by atomic mass is 10.1. The molecular weight excluding hydrogens is 240 g/mol. The van der Waals surface area contributed by atoms with Crippen LogP contribution in [-0.2, 0) is 4.79 Å². The van der Waals surface area contributed by atoms with Crippen LogP contribution in [-0.4, -0.2) is 50.0 Å². The summed E-state index contributed by atoms with van der Waals surface area (Å²) in [6, 6.07) is 0.374. The maximum absolute atomic E-state index is 11.5. The number of carbonyl (C=O) groups excluding carboxylic acids is 1. The van der Waals surface area contributed by atoms with Crippen molar-refractivity contribution in [2.24, 2.45) is 4.99 Å². The van der Waals surface area contributed by atoms with Crippen molar-refractivity contribution in [3.8, 4) is 0 Å². The predicted molar refractivity (Wildman–Crippen MR) is 81.4 cm³/mol. The van der Waals surface area contributed by atoms with Crippen molar-refractivity contribution in [1.29, 1.82) is 0 Å². The summed E-state index contributed by atoms with van der Waals surface area (Å²) < 4.78 is 0. The Morgan fingerprint density at radius 2 is 1.95 bits per heavy atom. The predicted octanol–water partition coefficient (Wildman–Crippen LogP) is 1.60. The van der Waals surface area contributed by atoms with E-state index in [9.17, 15) is 4.79 Å². The second-order valence-corrected chi connectivity index (χ2v) is 5.02. The van der Waals surface area contributed by atoms with E-state index >= 15 is 0 Å².